The van der Waals surface area contributed by atoms with Crippen molar-refractivity contribution in [2.45, 2.75) is 25.5 Å². The molecule has 1 aromatic heterocycles. The number of aryl methyl sites for hydroxylation is 1. The van der Waals surface area contributed by atoms with Crippen LogP contribution < -0.4 is 10.6 Å². The number of nitrogens with zero attached hydrogens (tertiary/aromatic N) is 4. The lowest BCUT2D eigenvalue weighted by atomic mass is 10.1. The second-order valence-corrected chi connectivity index (χ2v) is 9.10. The smallest absolute Gasteiger partial charge is 0.271 e. The molecular weight excluding hydrogens is 492 g/mol. The van der Waals surface area contributed by atoms with Crippen molar-refractivity contribution < 1.29 is 14.5 Å². The fraction of sp³-hybridized carbons (Fsp3) is 0.154. The Morgan fingerprint density at radius 3 is 2.54 bits per heavy atom. The predicted octanol–water partition coefficient (Wildman–Crippen LogP) is 5.03. The molecule has 0 saturated heterocycles. The van der Waals surface area contributed by atoms with Gasteiger partial charge in [-0.2, -0.15) is 0 Å². The largest absolute Gasteiger partial charge is 0.377 e. The van der Waals surface area contributed by atoms with Gasteiger partial charge in [0.15, 0.2) is 16.8 Å². The number of benzene rings is 3. The van der Waals surface area contributed by atoms with Crippen molar-refractivity contribution in [2.75, 3.05) is 16.4 Å². The van der Waals surface area contributed by atoms with Gasteiger partial charge in [-0.1, -0.05) is 48.2 Å². The third kappa shape index (κ3) is 6.39. The van der Waals surface area contributed by atoms with Crippen molar-refractivity contribution in [1.29, 1.82) is 0 Å². The SMILES string of the molecule is CC(=O)c1cccc(NC(=O)CSc2nnc(CNc3cc([N+](=O)[O-])ccc3C)n2-c2ccccc2)c1. The van der Waals surface area contributed by atoms with Crippen LogP contribution in [0.3, 0.4) is 0 Å². The predicted molar refractivity (Wildman–Crippen MR) is 142 cm³/mol. The number of nitro benzene ring substituents is 1. The number of non-ortho nitro benzene ring substituents is 1. The van der Waals surface area contributed by atoms with Crippen molar-refractivity contribution >= 4 is 40.5 Å². The van der Waals surface area contributed by atoms with E-state index in [0.717, 1.165) is 11.3 Å². The molecule has 0 bridgehead atoms. The third-order valence-corrected chi connectivity index (χ3v) is 6.40. The normalized spacial score (nSPS) is 10.6. The topological polar surface area (TPSA) is 132 Å². The number of para-hydroxylation sites is 1. The van der Waals surface area contributed by atoms with Crippen LogP contribution in [0.4, 0.5) is 17.1 Å². The molecule has 2 N–H and O–H groups in total. The van der Waals surface area contributed by atoms with Crippen LogP contribution in [-0.4, -0.2) is 37.1 Å². The summed E-state index contributed by atoms with van der Waals surface area (Å²) in [4.78, 5) is 35.0. The van der Waals surface area contributed by atoms with Gasteiger partial charge in [-0.05, 0) is 43.7 Å². The Morgan fingerprint density at radius 1 is 1.03 bits per heavy atom. The van der Waals surface area contributed by atoms with E-state index in [0.29, 0.717) is 27.9 Å². The number of rotatable bonds is 10. The summed E-state index contributed by atoms with van der Waals surface area (Å²) in [5.41, 5.74) is 3.35. The second kappa shape index (κ2) is 11.5. The Kier molecular flexibility index (Phi) is 7.94. The van der Waals surface area contributed by atoms with Crippen molar-refractivity contribution in [3.8, 4) is 5.69 Å². The monoisotopic (exact) mass is 516 g/mol. The van der Waals surface area contributed by atoms with E-state index in [1.165, 1.54) is 30.8 Å². The van der Waals surface area contributed by atoms with Gasteiger partial charge in [-0.15, -0.1) is 10.2 Å². The van der Waals surface area contributed by atoms with Gasteiger partial charge >= 0.3 is 0 Å². The highest BCUT2D eigenvalue weighted by atomic mass is 32.2. The van der Waals surface area contributed by atoms with E-state index in [1.807, 2.05) is 41.8 Å². The van der Waals surface area contributed by atoms with Gasteiger partial charge in [0.1, 0.15) is 0 Å². The Morgan fingerprint density at radius 2 is 1.81 bits per heavy atom. The molecule has 0 aliphatic heterocycles. The number of ketones is 1. The number of carbonyl (C=O) groups excluding carboxylic acids is 2. The van der Waals surface area contributed by atoms with Crippen LogP contribution in [0.25, 0.3) is 5.69 Å². The number of hydrogen-bond donors (Lipinski definition) is 2. The van der Waals surface area contributed by atoms with E-state index < -0.39 is 4.92 Å². The summed E-state index contributed by atoms with van der Waals surface area (Å²) in [6, 6.07) is 20.9. The molecule has 0 unspecified atom stereocenters. The maximum absolute atomic E-state index is 12.6. The minimum absolute atomic E-state index is 0.00581. The summed E-state index contributed by atoms with van der Waals surface area (Å²) in [5, 5.41) is 26.3. The molecule has 1 amide bonds. The first-order chi connectivity index (χ1) is 17.8. The molecule has 11 heteroatoms. The van der Waals surface area contributed by atoms with Gasteiger partial charge in [0, 0.05) is 34.8 Å². The summed E-state index contributed by atoms with van der Waals surface area (Å²) in [6.45, 7) is 3.59. The van der Waals surface area contributed by atoms with Crippen LogP contribution in [0, 0.1) is 17.0 Å². The molecule has 0 fully saturated rings. The van der Waals surface area contributed by atoms with Crippen LogP contribution in [0.2, 0.25) is 0 Å². The molecule has 3 aromatic carbocycles. The number of aromatic nitrogens is 3. The molecule has 10 nitrogen and oxygen atoms in total. The average Bonchev–Trinajstić information content (AvgIpc) is 3.30. The van der Waals surface area contributed by atoms with Gasteiger partial charge < -0.3 is 10.6 Å². The highest BCUT2D eigenvalue weighted by molar-refractivity contribution is 7.99. The number of carbonyl (C=O) groups is 2. The number of Topliss-reactive ketones (excluding diaryl/α,β-unsaturated/α-hetero) is 1. The number of nitrogens with one attached hydrogen (secondary N) is 2. The van der Waals surface area contributed by atoms with Gasteiger partial charge in [0.05, 0.1) is 17.2 Å². The maximum Gasteiger partial charge on any atom is 0.271 e. The second-order valence-electron chi connectivity index (χ2n) is 8.15. The molecular formula is C26H24N6O4S. The van der Waals surface area contributed by atoms with Crippen molar-refractivity contribution in [3.63, 3.8) is 0 Å². The van der Waals surface area contributed by atoms with E-state index in [-0.39, 0.29) is 29.7 Å². The summed E-state index contributed by atoms with van der Waals surface area (Å²) in [6.07, 6.45) is 0. The van der Waals surface area contributed by atoms with Gasteiger partial charge in [-0.25, -0.2) is 0 Å². The van der Waals surface area contributed by atoms with Crippen molar-refractivity contribution in [1.82, 2.24) is 14.8 Å². The Labute approximate surface area is 217 Å². The number of hydrogen-bond acceptors (Lipinski definition) is 8. The fourth-order valence-electron chi connectivity index (χ4n) is 3.58. The summed E-state index contributed by atoms with van der Waals surface area (Å²) in [5.74, 6) is 0.324. The van der Waals surface area contributed by atoms with Crippen LogP contribution >= 0.6 is 11.8 Å². The lowest BCUT2D eigenvalue weighted by Crippen LogP contribution is -2.15. The summed E-state index contributed by atoms with van der Waals surface area (Å²) in [7, 11) is 0. The minimum Gasteiger partial charge on any atom is -0.377 e. The Hall–Kier alpha value is -4.51. The van der Waals surface area contributed by atoms with Gasteiger partial charge in [-0.3, -0.25) is 24.3 Å². The zero-order valence-electron chi connectivity index (χ0n) is 20.2. The standard InChI is InChI=1S/C26H24N6O4S/c1-17-11-12-22(32(35)36)14-23(17)27-15-24-29-30-26(31(24)21-9-4-3-5-10-21)37-16-25(34)28-20-8-6-7-19(13-20)18(2)33/h3-14,27H,15-16H2,1-2H3,(H,28,34). The molecule has 4 aromatic rings. The zero-order valence-corrected chi connectivity index (χ0v) is 21.0. The zero-order chi connectivity index (χ0) is 26.4. The highest BCUT2D eigenvalue weighted by Crippen LogP contribution is 2.25. The number of anilines is 2. The third-order valence-electron chi connectivity index (χ3n) is 5.47. The Balaban J connectivity index is 1.51. The quantitative estimate of drug-likeness (QED) is 0.130. The van der Waals surface area contributed by atoms with Crippen LogP contribution in [0.5, 0.6) is 0 Å². The molecule has 0 saturated carbocycles. The molecule has 0 aliphatic carbocycles. The number of amides is 1. The van der Waals surface area contributed by atoms with E-state index in [9.17, 15) is 19.7 Å². The number of thioether (sulfide) groups is 1. The molecule has 0 spiro atoms. The lowest BCUT2D eigenvalue weighted by Gasteiger charge is -2.12. The Bertz CT molecular complexity index is 1450. The van der Waals surface area contributed by atoms with Crippen molar-refractivity contribution in [2.24, 2.45) is 0 Å². The van der Waals surface area contributed by atoms with Gasteiger partial charge in [0.25, 0.3) is 5.69 Å². The maximum atomic E-state index is 12.6. The van der Waals surface area contributed by atoms with Crippen LogP contribution in [-0.2, 0) is 11.3 Å². The first-order valence-electron chi connectivity index (χ1n) is 11.3. The van der Waals surface area contributed by atoms with Crippen molar-refractivity contribution in [3.05, 3.63) is 99.9 Å². The van der Waals surface area contributed by atoms with Crippen LogP contribution in [0.15, 0.2) is 78.0 Å². The molecule has 0 radical (unpaired) electrons. The highest BCUT2D eigenvalue weighted by Gasteiger charge is 2.17. The average molecular weight is 517 g/mol. The minimum atomic E-state index is -0.437. The first-order valence-corrected chi connectivity index (χ1v) is 12.3. The molecule has 4 rings (SSSR count). The van der Waals surface area contributed by atoms with Crippen LogP contribution in [0.1, 0.15) is 28.7 Å². The molecule has 37 heavy (non-hydrogen) atoms. The summed E-state index contributed by atoms with van der Waals surface area (Å²) >= 11 is 1.23. The molecule has 0 atom stereocenters. The first kappa shape index (κ1) is 25.6. The summed E-state index contributed by atoms with van der Waals surface area (Å²) < 4.78 is 1.84. The van der Waals surface area contributed by atoms with E-state index >= 15 is 0 Å². The van der Waals surface area contributed by atoms with E-state index in [1.54, 1.807) is 30.3 Å². The molecule has 0 aliphatic rings. The van der Waals surface area contributed by atoms with Gasteiger partial charge in [0.2, 0.25) is 5.91 Å². The fourth-order valence-corrected chi connectivity index (χ4v) is 4.35. The molecule has 188 valence electrons. The van der Waals surface area contributed by atoms with E-state index in [2.05, 4.69) is 20.8 Å². The number of nitro groups is 1. The molecule has 1 heterocycles. The lowest BCUT2D eigenvalue weighted by molar-refractivity contribution is -0.384. The van der Waals surface area contributed by atoms with E-state index in [4.69, 9.17) is 0 Å².